The molecular weight excluding hydrogens is 308 g/mol. The van der Waals surface area contributed by atoms with Gasteiger partial charge in [-0.25, -0.2) is 0 Å². The summed E-state index contributed by atoms with van der Waals surface area (Å²) < 4.78 is 16.0. The maximum Gasteiger partial charge on any atom is 0.204 e. The summed E-state index contributed by atoms with van der Waals surface area (Å²) in [6.45, 7) is 1.70. The van der Waals surface area contributed by atoms with E-state index >= 15 is 0 Å². The van der Waals surface area contributed by atoms with Gasteiger partial charge < -0.3 is 19.0 Å². The zero-order valence-electron chi connectivity index (χ0n) is 12.2. The van der Waals surface area contributed by atoms with E-state index in [0.717, 1.165) is 0 Å². The van der Waals surface area contributed by atoms with Crippen molar-refractivity contribution in [1.82, 2.24) is 0 Å². The van der Waals surface area contributed by atoms with Gasteiger partial charge in [-0.05, 0) is 12.5 Å². The molecule has 1 N–H and O–H groups in total. The molecule has 6 heteroatoms. The molecule has 0 amide bonds. The fraction of sp³-hybridized carbons (Fsp3) is 0.188. The van der Waals surface area contributed by atoms with Crippen LogP contribution in [0.1, 0.15) is 5.56 Å². The first-order valence-electron chi connectivity index (χ1n) is 6.48. The van der Waals surface area contributed by atoms with Crippen molar-refractivity contribution in [1.29, 1.82) is 0 Å². The number of aryl methyl sites for hydroxylation is 1. The quantitative estimate of drug-likeness (QED) is 0.730. The Hall–Kier alpha value is -2.40. The lowest BCUT2D eigenvalue weighted by molar-refractivity contribution is 0.408. The average molecular weight is 321 g/mol. The molecule has 0 saturated carbocycles. The largest absolute Gasteiger partial charge is 0.507 e. The molecule has 0 aliphatic carbocycles. The number of phenolic OH excluding ortho intramolecular Hbond substituents is 1. The number of phenols is 1. The van der Waals surface area contributed by atoms with Crippen LogP contribution in [-0.4, -0.2) is 19.3 Å². The van der Waals surface area contributed by atoms with Gasteiger partial charge in [-0.3, -0.25) is 4.79 Å². The van der Waals surface area contributed by atoms with E-state index in [4.69, 9.17) is 25.5 Å². The number of ether oxygens (including phenoxy) is 2. The molecule has 22 heavy (non-hydrogen) atoms. The molecule has 3 rings (SSSR count). The Morgan fingerprint density at radius 1 is 1.09 bits per heavy atom. The monoisotopic (exact) mass is 320 g/mol. The van der Waals surface area contributed by atoms with E-state index < -0.39 is 0 Å². The third-order valence-corrected chi connectivity index (χ3v) is 4.08. The van der Waals surface area contributed by atoms with Gasteiger partial charge in [-0.2, -0.15) is 0 Å². The predicted octanol–water partition coefficient (Wildman–Crippen LogP) is 3.63. The zero-order chi connectivity index (χ0) is 16.0. The van der Waals surface area contributed by atoms with Gasteiger partial charge in [0.15, 0.2) is 0 Å². The third-order valence-electron chi connectivity index (χ3n) is 3.61. The molecule has 0 atom stereocenters. The van der Waals surface area contributed by atoms with Crippen LogP contribution in [0.25, 0.3) is 21.9 Å². The van der Waals surface area contributed by atoms with Crippen LogP contribution in [-0.2, 0) is 0 Å². The molecular formula is C16H13ClO5. The Balaban J connectivity index is 2.55. The van der Waals surface area contributed by atoms with E-state index in [1.54, 1.807) is 19.1 Å². The maximum absolute atomic E-state index is 12.7. The number of rotatable bonds is 2. The SMILES string of the molecule is COc1cc(O)c2c(=O)c3c(C)c(Cl)c(OC)cc3oc2c1. The zero-order valence-corrected chi connectivity index (χ0v) is 12.9. The lowest BCUT2D eigenvalue weighted by atomic mass is 10.1. The van der Waals surface area contributed by atoms with Gasteiger partial charge in [0, 0.05) is 18.2 Å². The molecule has 0 spiro atoms. The number of hydrogen-bond acceptors (Lipinski definition) is 5. The van der Waals surface area contributed by atoms with Gasteiger partial charge in [0.1, 0.15) is 33.8 Å². The van der Waals surface area contributed by atoms with Gasteiger partial charge >= 0.3 is 0 Å². The fourth-order valence-corrected chi connectivity index (χ4v) is 2.72. The highest BCUT2D eigenvalue weighted by Gasteiger charge is 2.18. The van der Waals surface area contributed by atoms with Crippen molar-refractivity contribution in [3.63, 3.8) is 0 Å². The first kappa shape index (κ1) is 14.5. The van der Waals surface area contributed by atoms with Gasteiger partial charge in [-0.15, -0.1) is 0 Å². The van der Waals surface area contributed by atoms with Crippen molar-refractivity contribution in [2.24, 2.45) is 0 Å². The van der Waals surface area contributed by atoms with Crippen LogP contribution < -0.4 is 14.9 Å². The topological polar surface area (TPSA) is 68.9 Å². The molecule has 0 aliphatic rings. The van der Waals surface area contributed by atoms with Crippen LogP contribution >= 0.6 is 11.6 Å². The molecule has 5 nitrogen and oxygen atoms in total. The Bertz CT molecular complexity index is 959. The van der Waals surface area contributed by atoms with E-state index in [9.17, 15) is 9.90 Å². The molecule has 0 fully saturated rings. The van der Waals surface area contributed by atoms with E-state index in [1.807, 2.05) is 0 Å². The minimum Gasteiger partial charge on any atom is -0.507 e. The Morgan fingerprint density at radius 2 is 1.77 bits per heavy atom. The number of fused-ring (bicyclic) bond motifs is 2. The molecule has 0 saturated heterocycles. The first-order valence-corrected chi connectivity index (χ1v) is 6.86. The summed E-state index contributed by atoms with van der Waals surface area (Å²) in [7, 11) is 2.95. The second-order valence-electron chi connectivity index (χ2n) is 4.84. The van der Waals surface area contributed by atoms with Gasteiger partial charge in [0.2, 0.25) is 5.43 Å². The number of benzene rings is 2. The average Bonchev–Trinajstić information content (AvgIpc) is 2.49. The molecule has 0 bridgehead atoms. The van der Waals surface area contributed by atoms with Crippen molar-refractivity contribution in [2.45, 2.75) is 6.92 Å². The molecule has 0 unspecified atom stereocenters. The Labute approximate surface area is 130 Å². The maximum atomic E-state index is 12.7. The lowest BCUT2D eigenvalue weighted by Gasteiger charge is -2.11. The molecule has 0 aliphatic heterocycles. The van der Waals surface area contributed by atoms with Crippen LogP contribution in [0.3, 0.4) is 0 Å². The summed E-state index contributed by atoms with van der Waals surface area (Å²) in [5.41, 5.74) is 0.766. The smallest absolute Gasteiger partial charge is 0.204 e. The first-order chi connectivity index (χ1) is 10.5. The van der Waals surface area contributed by atoms with E-state index in [1.165, 1.54) is 20.3 Å². The number of aromatic hydroxyl groups is 1. The minimum absolute atomic E-state index is 0.0950. The van der Waals surface area contributed by atoms with Crippen LogP contribution in [0, 0.1) is 6.92 Å². The predicted molar refractivity (Wildman–Crippen MR) is 84.5 cm³/mol. The number of halogens is 1. The third kappa shape index (κ3) is 1.97. The van der Waals surface area contributed by atoms with E-state index in [2.05, 4.69) is 0 Å². The normalized spacial score (nSPS) is 11.1. The standard InChI is InChI=1S/C16H13ClO5/c1-7-13-11(6-12(21-3)15(7)17)22-10-5-8(20-2)4-9(18)14(10)16(13)19/h4-6,18H,1-3H3. The fourth-order valence-electron chi connectivity index (χ4n) is 2.49. The molecule has 2 aromatic carbocycles. The summed E-state index contributed by atoms with van der Waals surface area (Å²) in [4.78, 5) is 12.7. The highest BCUT2D eigenvalue weighted by Crippen LogP contribution is 2.36. The van der Waals surface area contributed by atoms with Crippen LogP contribution in [0.15, 0.2) is 27.4 Å². The Kier molecular flexibility index (Phi) is 3.37. The minimum atomic E-state index is -0.349. The summed E-state index contributed by atoms with van der Waals surface area (Å²) in [5, 5.41) is 10.8. The van der Waals surface area contributed by atoms with Crippen LogP contribution in [0.4, 0.5) is 0 Å². The van der Waals surface area contributed by atoms with Crippen molar-refractivity contribution in [2.75, 3.05) is 14.2 Å². The van der Waals surface area contributed by atoms with Gasteiger partial charge in [0.05, 0.1) is 24.6 Å². The second-order valence-corrected chi connectivity index (χ2v) is 5.22. The highest BCUT2D eigenvalue weighted by molar-refractivity contribution is 6.33. The van der Waals surface area contributed by atoms with Crippen LogP contribution in [0.2, 0.25) is 5.02 Å². The summed E-state index contributed by atoms with van der Waals surface area (Å²) >= 11 is 6.19. The molecule has 3 aromatic rings. The lowest BCUT2D eigenvalue weighted by Crippen LogP contribution is -2.05. The number of methoxy groups -OCH3 is 2. The van der Waals surface area contributed by atoms with E-state index in [0.29, 0.717) is 33.1 Å². The van der Waals surface area contributed by atoms with Gasteiger partial charge in [0.25, 0.3) is 0 Å². The molecule has 114 valence electrons. The molecule has 1 aromatic heterocycles. The van der Waals surface area contributed by atoms with Crippen molar-refractivity contribution < 1.29 is 19.0 Å². The summed E-state index contributed by atoms with van der Waals surface area (Å²) in [5.74, 6) is 0.614. The van der Waals surface area contributed by atoms with Crippen molar-refractivity contribution in [3.05, 3.63) is 39.0 Å². The van der Waals surface area contributed by atoms with Crippen LogP contribution in [0.5, 0.6) is 17.2 Å². The summed E-state index contributed by atoms with van der Waals surface area (Å²) in [6, 6.07) is 4.47. The highest BCUT2D eigenvalue weighted by atomic mass is 35.5. The summed E-state index contributed by atoms with van der Waals surface area (Å²) in [6.07, 6.45) is 0. The number of hydrogen-bond donors (Lipinski definition) is 1. The van der Waals surface area contributed by atoms with E-state index in [-0.39, 0.29) is 22.1 Å². The van der Waals surface area contributed by atoms with Crippen molar-refractivity contribution in [3.8, 4) is 17.2 Å². The second kappa shape index (κ2) is 5.10. The molecule has 1 heterocycles. The molecule has 0 radical (unpaired) electrons. The Morgan fingerprint density at radius 3 is 2.41 bits per heavy atom. The van der Waals surface area contributed by atoms with Gasteiger partial charge in [-0.1, -0.05) is 11.6 Å². The van der Waals surface area contributed by atoms with Crippen molar-refractivity contribution >= 4 is 33.5 Å².